The summed E-state index contributed by atoms with van der Waals surface area (Å²) in [5.74, 6) is 0.572. The monoisotopic (exact) mass is 477 g/mol. The number of carbonyl (C=O) groups excluding carboxylic acids is 1. The van der Waals surface area contributed by atoms with Crippen LogP contribution in [0.15, 0.2) is 54.7 Å². The fourth-order valence-corrected chi connectivity index (χ4v) is 5.22. The number of aromatic nitrogens is 2. The first-order chi connectivity index (χ1) is 16.4. The van der Waals surface area contributed by atoms with Crippen LogP contribution in [0.3, 0.4) is 0 Å². The van der Waals surface area contributed by atoms with Crippen molar-refractivity contribution in [3.8, 4) is 16.9 Å². The Hall–Kier alpha value is -2.47. The topological polar surface area (TPSA) is 47.4 Å². The van der Waals surface area contributed by atoms with Gasteiger partial charge in [-0.3, -0.25) is 4.79 Å². The van der Waals surface area contributed by atoms with Gasteiger partial charge in [-0.25, -0.2) is 4.68 Å². The molecule has 2 saturated heterocycles. The number of carbonyl (C=O) groups is 1. The first kappa shape index (κ1) is 23.3. The number of hydrogen-bond donors (Lipinski definition) is 0. The number of likely N-dealkylation sites (tertiary alicyclic amines) is 1. The van der Waals surface area contributed by atoms with Gasteiger partial charge in [0.25, 0.3) is 0 Å². The van der Waals surface area contributed by atoms with E-state index in [-0.39, 0.29) is 5.78 Å². The fraction of sp³-hybridized carbons (Fsp3) is 0.429. The average Bonchev–Trinajstić information content (AvgIpc) is 3.15. The number of ether oxygens (including phenoxy) is 1. The van der Waals surface area contributed by atoms with E-state index in [1.807, 2.05) is 35.1 Å². The van der Waals surface area contributed by atoms with Crippen LogP contribution in [0.25, 0.3) is 16.9 Å². The number of Topliss-reactive ketones (excluding diaryl/α,β-unsaturated/α-hetero) is 1. The van der Waals surface area contributed by atoms with Crippen molar-refractivity contribution in [2.75, 3.05) is 32.8 Å². The van der Waals surface area contributed by atoms with Gasteiger partial charge in [-0.15, -0.1) is 0 Å². The van der Waals surface area contributed by atoms with E-state index in [0.29, 0.717) is 29.2 Å². The van der Waals surface area contributed by atoms with Gasteiger partial charge in [0.05, 0.1) is 24.6 Å². The van der Waals surface area contributed by atoms with Gasteiger partial charge >= 0.3 is 0 Å². The molecular formula is C28H32ClN3O2. The number of benzene rings is 2. The molecule has 2 aromatic carbocycles. The number of rotatable bonds is 9. The predicted octanol–water partition coefficient (Wildman–Crippen LogP) is 5.23. The smallest absolute Gasteiger partial charge is 0.137 e. The number of halogens is 1. The normalized spacial score (nSPS) is 17.1. The summed E-state index contributed by atoms with van der Waals surface area (Å²) >= 11 is 6.25. The third kappa shape index (κ3) is 5.12. The van der Waals surface area contributed by atoms with E-state index in [2.05, 4.69) is 43.0 Å². The fourth-order valence-electron chi connectivity index (χ4n) is 5.03. The first-order valence-electron chi connectivity index (χ1n) is 12.1. The lowest BCUT2D eigenvalue weighted by molar-refractivity contribution is -0.188. The van der Waals surface area contributed by atoms with Crippen LogP contribution in [0.2, 0.25) is 5.02 Å². The van der Waals surface area contributed by atoms with Crippen LogP contribution in [0.5, 0.6) is 0 Å². The zero-order valence-electron chi connectivity index (χ0n) is 20.0. The maximum Gasteiger partial charge on any atom is 0.137 e. The molecule has 3 heterocycles. The third-order valence-corrected chi connectivity index (χ3v) is 7.00. The first-order valence-corrected chi connectivity index (χ1v) is 12.5. The van der Waals surface area contributed by atoms with Crippen LogP contribution >= 0.6 is 11.6 Å². The molecular weight excluding hydrogens is 446 g/mol. The minimum atomic E-state index is 0.231. The molecule has 0 N–H and O–H groups in total. The molecule has 1 aromatic heterocycles. The molecule has 1 spiro atoms. The van der Waals surface area contributed by atoms with Crippen LogP contribution in [0.1, 0.15) is 31.4 Å². The van der Waals surface area contributed by atoms with Crippen LogP contribution in [0.4, 0.5) is 0 Å². The second kappa shape index (κ2) is 9.65. The quantitative estimate of drug-likeness (QED) is 0.423. The van der Waals surface area contributed by atoms with Crippen molar-refractivity contribution in [1.82, 2.24) is 14.7 Å². The van der Waals surface area contributed by atoms with Gasteiger partial charge in [-0.05, 0) is 42.2 Å². The zero-order chi connectivity index (χ0) is 23.7. The van der Waals surface area contributed by atoms with Crippen molar-refractivity contribution in [1.29, 1.82) is 0 Å². The molecule has 0 radical (unpaired) electrons. The molecule has 3 aromatic rings. The van der Waals surface area contributed by atoms with Crippen LogP contribution < -0.4 is 0 Å². The van der Waals surface area contributed by atoms with Crippen molar-refractivity contribution in [3.63, 3.8) is 0 Å². The van der Waals surface area contributed by atoms with Crippen molar-refractivity contribution >= 4 is 17.4 Å². The largest absolute Gasteiger partial charge is 0.380 e. The molecule has 2 aliphatic rings. The summed E-state index contributed by atoms with van der Waals surface area (Å²) in [6.45, 7) is 9.44. The van der Waals surface area contributed by atoms with E-state index in [4.69, 9.17) is 21.4 Å². The summed E-state index contributed by atoms with van der Waals surface area (Å²) in [6, 6.07) is 16.3. The van der Waals surface area contributed by atoms with Gasteiger partial charge in [-0.2, -0.15) is 5.10 Å². The van der Waals surface area contributed by atoms with Gasteiger partial charge in [0.2, 0.25) is 0 Å². The van der Waals surface area contributed by atoms with E-state index in [1.54, 1.807) is 0 Å². The molecule has 0 aliphatic carbocycles. The number of hydrogen-bond acceptors (Lipinski definition) is 4. The Kier molecular flexibility index (Phi) is 6.61. The molecule has 0 bridgehead atoms. The van der Waals surface area contributed by atoms with E-state index < -0.39 is 0 Å². The summed E-state index contributed by atoms with van der Waals surface area (Å²) in [4.78, 5) is 15.1. The molecule has 2 aliphatic heterocycles. The Balaban J connectivity index is 1.31. The molecule has 5 rings (SSSR count). The van der Waals surface area contributed by atoms with Gasteiger partial charge in [-0.1, -0.05) is 49.7 Å². The molecule has 0 atom stereocenters. The maximum absolute atomic E-state index is 12.6. The summed E-state index contributed by atoms with van der Waals surface area (Å²) < 4.78 is 7.25. The highest BCUT2D eigenvalue weighted by Crippen LogP contribution is 2.37. The van der Waals surface area contributed by atoms with Gasteiger partial charge < -0.3 is 9.64 Å². The van der Waals surface area contributed by atoms with E-state index in [0.717, 1.165) is 48.7 Å². The minimum absolute atomic E-state index is 0.231. The molecule has 5 nitrogen and oxygen atoms in total. The summed E-state index contributed by atoms with van der Waals surface area (Å²) in [5.41, 5.74) is 5.46. The van der Waals surface area contributed by atoms with E-state index in [9.17, 15) is 4.79 Å². The third-order valence-electron chi connectivity index (χ3n) is 6.76. The van der Waals surface area contributed by atoms with Crippen LogP contribution in [-0.4, -0.2) is 53.3 Å². The number of nitrogens with zero attached hydrogens (tertiary/aromatic N) is 3. The lowest BCUT2D eigenvalue weighted by Crippen LogP contribution is -2.66. The summed E-state index contributed by atoms with van der Waals surface area (Å²) in [7, 11) is 0. The molecule has 0 saturated carbocycles. The van der Waals surface area contributed by atoms with Crippen LogP contribution in [0, 0.1) is 11.3 Å². The molecule has 2 fully saturated rings. The molecule has 178 valence electrons. The summed E-state index contributed by atoms with van der Waals surface area (Å²) in [5, 5.41) is 5.53. The Bertz CT molecular complexity index is 1160. The van der Waals surface area contributed by atoms with E-state index in [1.165, 1.54) is 18.7 Å². The molecule has 0 unspecified atom stereocenters. The van der Waals surface area contributed by atoms with Gasteiger partial charge in [0.15, 0.2) is 0 Å². The highest BCUT2D eigenvalue weighted by molar-refractivity contribution is 6.30. The lowest BCUT2D eigenvalue weighted by Gasteiger charge is -2.55. The maximum atomic E-state index is 12.6. The van der Waals surface area contributed by atoms with Crippen molar-refractivity contribution in [2.45, 2.75) is 33.1 Å². The zero-order valence-corrected chi connectivity index (χ0v) is 20.7. The summed E-state index contributed by atoms with van der Waals surface area (Å²) in [6.07, 6.45) is 3.98. The van der Waals surface area contributed by atoms with Gasteiger partial charge in [0, 0.05) is 60.2 Å². The van der Waals surface area contributed by atoms with E-state index >= 15 is 0 Å². The lowest BCUT2D eigenvalue weighted by atomic mass is 9.78. The van der Waals surface area contributed by atoms with Crippen molar-refractivity contribution in [2.24, 2.45) is 11.3 Å². The van der Waals surface area contributed by atoms with Gasteiger partial charge in [0.1, 0.15) is 5.78 Å². The SMILES string of the molecule is CC(C)CC(=O)Cc1cn(-c2ccc(CCN3CC4(COC4)C3)cc2)nc1-c1cccc(Cl)c1. The van der Waals surface area contributed by atoms with Crippen LogP contribution in [-0.2, 0) is 22.4 Å². The molecule has 34 heavy (non-hydrogen) atoms. The van der Waals surface area contributed by atoms with Crippen molar-refractivity contribution in [3.05, 3.63) is 70.9 Å². The average molecular weight is 478 g/mol. The molecule has 6 heteroatoms. The number of ketones is 1. The second-order valence-corrected chi connectivity index (χ2v) is 10.8. The predicted molar refractivity (Wildman–Crippen MR) is 136 cm³/mol. The highest BCUT2D eigenvalue weighted by atomic mass is 35.5. The standard InChI is InChI=1S/C28H32ClN3O2/c1-20(2)12-26(33)14-23-15-32(30-27(23)22-4-3-5-24(29)13-22)25-8-6-21(7-9-25)10-11-31-16-28(17-31)18-34-19-28/h3-9,13,15,20H,10-12,14,16-19H2,1-2H3. The minimum Gasteiger partial charge on any atom is -0.380 e. The highest BCUT2D eigenvalue weighted by Gasteiger charge is 2.48. The Morgan fingerprint density at radius 3 is 2.56 bits per heavy atom. The Morgan fingerprint density at radius 1 is 1.15 bits per heavy atom. The van der Waals surface area contributed by atoms with Crippen molar-refractivity contribution < 1.29 is 9.53 Å². The Morgan fingerprint density at radius 2 is 1.91 bits per heavy atom. The second-order valence-electron chi connectivity index (χ2n) is 10.4. The molecule has 0 amide bonds. The Labute approximate surface area is 206 Å².